The molecule has 0 radical (unpaired) electrons. The molecule has 0 saturated carbocycles. The maximum absolute atomic E-state index is 14.9. The van der Waals surface area contributed by atoms with Gasteiger partial charge < -0.3 is 9.13 Å². The number of fused-ring (bicyclic) bond motifs is 6. The van der Waals surface area contributed by atoms with E-state index in [2.05, 4.69) is 116 Å². The van der Waals surface area contributed by atoms with Crippen molar-refractivity contribution in [2.45, 2.75) is 27.7 Å². The molecule has 0 amide bonds. The molecule has 0 aliphatic heterocycles. The molecule has 0 atom stereocenters. The van der Waals surface area contributed by atoms with Crippen LogP contribution < -0.4 is 0 Å². The third-order valence-corrected chi connectivity index (χ3v) is 9.04. The van der Waals surface area contributed by atoms with Crippen molar-refractivity contribution in [1.82, 2.24) is 9.13 Å². The van der Waals surface area contributed by atoms with Crippen LogP contribution in [-0.4, -0.2) is 9.13 Å². The Balaban J connectivity index is 1.54. The van der Waals surface area contributed by atoms with Gasteiger partial charge in [0.2, 0.25) is 0 Å². The Labute approximate surface area is 265 Å². The Morgan fingerprint density at radius 2 is 0.870 bits per heavy atom. The molecule has 6 aromatic carbocycles. The Bertz CT molecular complexity index is 2470. The van der Waals surface area contributed by atoms with Crippen LogP contribution in [0.5, 0.6) is 0 Å². The number of nitriles is 1. The highest BCUT2D eigenvalue weighted by atomic mass is 19.1. The molecule has 3 nitrogen and oxygen atoms in total. The molecule has 222 valence electrons. The number of hydrogen-bond donors (Lipinski definition) is 0. The lowest BCUT2D eigenvalue weighted by atomic mass is 9.98. The number of nitrogens with zero attached hydrogens (tertiary/aromatic N) is 3. The van der Waals surface area contributed by atoms with E-state index >= 15 is 0 Å². The van der Waals surface area contributed by atoms with E-state index in [1.807, 2.05) is 12.1 Å². The van der Waals surface area contributed by atoms with Crippen LogP contribution in [0.3, 0.4) is 0 Å². The van der Waals surface area contributed by atoms with Gasteiger partial charge in [-0.15, -0.1) is 0 Å². The van der Waals surface area contributed by atoms with Crippen LogP contribution in [0.25, 0.3) is 66.1 Å². The van der Waals surface area contributed by atoms with Gasteiger partial charge in [0, 0.05) is 33.2 Å². The average Bonchev–Trinajstić information content (AvgIpc) is 3.51. The molecule has 8 aromatic rings. The summed E-state index contributed by atoms with van der Waals surface area (Å²) in [5.41, 5.74) is 11.1. The summed E-state index contributed by atoms with van der Waals surface area (Å²) in [6.45, 7) is 8.27. The standard InChI is InChI=1S/C41H29F2N3/c1-23-5-9-36-32(13-23)33-14-24(2)6-10-37(33)45(36)40-21-31(27-17-29(42)20-30(43)18-27)41(19-28(40)22-44)46-38-11-7-25(3)15-34(38)35-16-26(4)8-12-39(35)46/h5-21H,1-4H3. The molecule has 2 heterocycles. The summed E-state index contributed by atoms with van der Waals surface area (Å²) in [5, 5.41) is 15.0. The second kappa shape index (κ2) is 10.2. The van der Waals surface area contributed by atoms with Gasteiger partial charge in [-0.1, -0.05) is 46.5 Å². The lowest BCUT2D eigenvalue weighted by Crippen LogP contribution is -2.04. The second-order valence-electron chi connectivity index (χ2n) is 12.4. The number of rotatable bonds is 3. The lowest BCUT2D eigenvalue weighted by molar-refractivity contribution is 0.584. The highest BCUT2D eigenvalue weighted by Crippen LogP contribution is 2.41. The van der Waals surface area contributed by atoms with Gasteiger partial charge >= 0.3 is 0 Å². The van der Waals surface area contributed by atoms with Crippen molar-refractivity contribution in [2.24, 2.45) is 0 Å². The average molecular weight is 602 g/mol. The van der Waals surface area contributed by atoms with Gasteiger partial charge in [-0.05, 0) is 106 Å². The van der Waals surface area contributed by atoms with E-state index in [0.29, 0.717) is 28.1 Å². The predicted molar refractivity (Wildman–Crippen MR) is 184 cm³/mol. The number of aromatic nitrogens is 2. The second-order valence-corrected chi connectivity index (χ2v) is 12.4. The smallest absolute Gasteiger partial charge is 0.126 e. The number of benzene rings is 6. The fourth-order valence-corrected chi connectivity index (χ4v) is 7.00. The zero-order chi connectivity index (χ0) is 31.9. The summed E-state index contributed by atoms with van der Waals surface area (Å²) in [5.74, 6) is -1.33. The molecule has 0 aliphatic carbocycles. The molecular formula is C41H29F2N3. The monoisotopic (exact) mass is 601 g/mol. The molecule has 0 aliphatic rings. The van der Waals surface area contributed by atoms with Crippen LogP contribution in [-0.2, 0) is 0 Å². The number of halogens is 2. The quantitative estimate of drug-likeness (QED) is 0.198. The van der Waals surface area contributed by atoms with Crippen molar-refractivity contribution in [2.75, 3.05) is 0 Å². The van der Waals surface area contributed by atoms with Crippen LogP contribution >= 0.6 is 0 Å². The molecule has 0 fully saturated rings. The van der Waals surface area contributed by atoms with Gasteiger partial charge in [0.15, 0.2) is 0 Å². The van der Waals surface area contributed by atoms with E-state index in [9.17, 15) is 14.0 Å². The van der Waals surface area contributed by atoms with Crippen LogP contribution in [0.15, 0.2) is 103 Å². The van der Waals surface area contributed by atoms with Crippen LogP contribution in [0.4, 0.5) is 8.78 Å². The predicted octanol–water partition coefficient (Wildman–Crippen LogP) is 10.9. The minimum absolute atomic E-state index is 0.389. The molecule has 0 bridgehead atoms. The number of hydrogen-bond acceptors (Lipinski definition) is 1. The minimum Gasteiger partial charge on any atom is -0.309 e. The van der Waals surface area contributed by atoms with E-state index in [1.54, 1.807) is 0 Å². The van der Waals surface area contributed by atoms with Crippen LogP contribution in [0.1, 0.15) is 27.8 Å². The fourth-order valence-electron chi connectivity index (χ4n) is 7.00. The van der Waals surface area contributed by atoms with Crippen LogP contribution in [0, 0.1) is 50.7 Å². The van der Waals surface area contributed by atoms with Gasteiger partial charge in [-0.2, -0.15) is 5.26 Å². The van der Waals surface area contributed by atoms with Gasteiger partial charge in [-0.25, -0.2) is 8.78 Å². The molecule has 0 spiro atoms. The van der Waals surface area contributed by atoms with Crippen molar-refractivity contribution in [3.63, 3.8) is 0 Å². The third-order valence-electron chi connectivity index (χ3n) is 9.04. The molecule has 0 N–H and O–H groups in total. The molecule has 46 heavy (non-hydrogen) atoms. The first-order valence-corrected chi connectivity index (χ1v) is 15.3. The number of aryl methyl sites for hydroxylation is 4. The molecular weight excluding hydrogens is 572 g/mol. The van der Waals surface area contributed by atoms with Crippen LogP contribution in [0.2, 0.25) is 0 Å². The molecule has 0 saturated heterocycles. The van der Waals surface area contributed by atoms with Crippen molar-refractivity contribution in [3.05, 3.63) is 143 Å². The van der Waals surface area contributed by atoms with Crippen molar-refractivity contribution < 1.29 is 8.78 Å². The van der Waals surface area contributed by atoms with Crippen molar-refractivity contribution >= 4 is 43.6 Å². The molecule has 0 unspecified atom stereocenters. The Morgan fingerprint density at radius 1 is 0.478 bits per heavy atom. The first-order valence-electron chi connectivity index (χ1n) is 15.3. The summed E-state index contributed by atoms with van der Waals surface area (Å²) in [6, 6.07) is 35.1. The van der Waals surface area contributed by atoms with Gasteiger partial charge in [-0.3, -0.25) is 0 Å². The van der Waals surface area contributed by atoms with E-state index in [4.69, 9.17) is 0 Å². The Kier molecular flexibility index (Phi) is 6.13. The Morgan fingerprint density at radius 3 is 1.26 bits per heavy atom. The summed E-state index contributed by atoms with van der Waals surface area (Å²) in [6.07, 6.45) is 0. The minimum atomic E-state index is -0.664. The summed E-state index contributed by atoms with van der Waals surface area (Å²) >= 11 is 0. The summed E-state index contributed by atoms with van der Waals surface area (Å²) < 4.78 is 34.0. The first-order chi connectivity index (χ1) is 22.2. The van der Waals surface area contributed by atoms with Gasteiger partial charge in [0.25, 0.3) is 0 Å². The van der Waals surface area contributed by atoms with E-state index < -0.39 is 11.6 Å². The third kappa shape index (κ3) is 4.22. The van der Waals surface area contributed by atoms with Crippen molar-refractivity contribution in [3.8, 4) is 28.6 Å². The molecule has 8 rings (SSSR count). The summed E-state index contributed by atoms with van der Waals surface area (Å²) in [7, 11) is 0. The lowest BCUT2D eigenvalue weighted by Gasteiger charge is -2.19. The largest absolute Gasteiger partial charge is 0.309 e. The highest BCUT2D eigenvalue weighted by molar-refractivity contribution is 6.11. The molecule has 2 aromatic heterocycles. The zero-order valence-electron chi connectivity index (χ0n) is 25.9. The normalized spacial score (nSPS) is 11.7. The van der Waals surface area contributed by atoms with Crippen molar-refractivity contribution in [1.29, 1.82) is 5.26 Å². The maximum Gasteiger partial charge on any atom is 0.126 e. The zero-order valence-corrected chi connectivity index (χ0v) is 25.9. The topological polar surface area (TPSA) is 33.6 Å². The first kappa shape index (κ1) is 27.8. The van der Waals surface area contributed by atoms with E-state index in [0.717, 1.165) is 71.9 Å². The summed E-state index contributed by atoms with van der Waals surface area (Å²) in [4.78, 5) is 0. The molecule has 5 heteroatoms. The van der Waals surface area contributed by atoms with Gasteiger partial charge in [0.05, 0.1) is 39.0 Å². The Hall–Kier alpha value is -5.73. The highest BCUT2D eigenvalue weighted by Gasteiger charge is 2.22. The maximum atomic E-state index is 14.9. The van der Waals surface area contributed by atoms with Gasteiger partial charge in [0.1, 0.15) is 17.7 Å². The SMILES string of the molecule is Cc1ccc2c(c1)c1cc(C)ccc1n2-c1cc(-c2cc(F)cc(F)c2)c(-n2c3ccc(C)cc3c3cc(C)ccc32)cc1C#N. The van der Waals surface area contributed by atoms with E-state index in [-0.39, 0.29) is 0 Å². The fraction of sp³-hybridized carbons (Fsp3) is 0.0976. The van der Waals surface area contributed by atoms with E-state index in [1.165, 1.54) is 12.1 Å².